The Kier molecular flexibility index (Phi) is 3.08. The predicted molar refractivity (Wildman–Crippen MR) is 72.6 cm³/mol. The lowest BCUT2D eigenvalue weighted by atomic mass is 10.2. The molecule has 0 radical (unpaired) electrons. The van der Waals surface area contributed by atoms with Gasteiger partial charge in [-0.3, -0.25) is 0 Å². The lowest BCUT2D eigenvalue weighted by Gasteiger charge is -2.13. The molecular weight excluding hydrogens is 242 g/mol. The second-order valence-corrected chi connectivity index (χ2v) is 4.81. The van der Waals surface area contributed by atoms with Gasteiger partial charge in [0.05, 0.1) is 12.5 Å². The molecule has 0 unspecified atom stereocenters. The van der Waals surface area contributed by atoms with E-state index in [9.17, 15) is 0 Å². The van der Waals surface area contributed by atoms with Crippen LogP contribution in [0.15, 0.2) is 23.0 Å². The van der Waals surface area contributed by atoms with Gasteiger partial charge in [0.25, 0.3) is 0 Å². The molecule has 3 rings (SSSR count). The molecule has 0 spiro atoms. The zero-order valence-electron chi connectivity index (χ0n) is 10.8. The van der Waals surface area contributed by atoms with Gasteiger partial charge in [-0.15, -0.1) is 0 Å². The van der Waals surface area contributed by atoms with Crippen molar-refractivity contribution in [2.24, 2.45) is 5.84 Å². The summed E-state index contributed by atoms with van der Waals surface area (Å²) in [5, 5.41) is 3.31. The van der Waals surface area contributed by atoms with Gasteiger partial charge in [-0.05, 0) is 25.8 Å². The quantitative estimate of drug-likeness (QED) is 0.563. The van der Waals surface area contributed by atoms with Gasteiger partial charge in [0.15, 0.2) is 0 Å². The first-order valence-corrected chi connectivity index (χ1v) is 6.38. The predicted octanol–water partition coefficient (Wildman–Crippen LogP) is 2.15. The van der Waals surface area contributed by atoms with Crippen LogP contribution in [0.4, 0.5) is 11.6 Å². The van der Waals surface area contributed by atoms with E-state index in [0.29, 0.717) is 18.3 Å². The van der Waals surface area contributed by atoms with Crippen molar-refractivity contribution in [2.75, 3.05) is 10.7 Å². The summed E-state index contributed by atoms with van der Waals surface area (Å²) in [6.45, 7) is 2.62. The fourth-order valence-corrected chi connectivity index (χ4v) is 1.95. The van der Waals surface area contributed by atoms with Gasteiger partial charge in [-0.25, -0.2) is 15.8 Å². The zero-order chi connectivity index (χ0) is 13.2. The van der Waals surface area contributed by atoms with Crippen LogP contribution in [-0.2, 0) is 6.54 Å². The van der Waals surface area contributed by atoms with E-state index < -0.39 is 0 Å². The van der Waals surface area contributed by atoms with Crippen molar-refractivity contribution in [2.45, 2.75) is 32.2 Å². The standard InChI is InChI=1S/C13H17N5O/c1-8-11(15-6-9-4-5-19-7-9)16-13(10-2-3-10)17-12(8)18-14/h4-5,7,10H,2-3,6,14H2,1H3,(H2,15,16,17,18). The fourth-order valence-electron chi connectivity index (χ4n) is 1.95. The number of hydrogen-bond acceptors (Lipinski definition) is 6. The van der Waals surface area contributed by atoms with Crippen LogP contribution in [0.2, 0.25) is 0 Å². The van der Waals surface area contributed by atoms with Crippen LogP contribution in [0.1, 0.15) is 35.7 Å². The molecule has 1 aliphatic rings. The Balaban J connectivity index is 1.83. The Hall–Kier alpha value is -2.08. The van der Waals surface area contributed by atoms with Gasteiger partial charge >= 0.3 is 0 Å². The minimum atomic E-state index is 0.488. The van der Waals surface area contributed by atoms with Crippen molar-refractivity contribution in [3.63, 3.8) is 0 Å². The molecule has 1 fully saturated rings. The SMILES string of the molecule is Cc1c(NN)nc(C2CC2)nc1NCc1ccoc1. The molecule has 6 heteroatoms. The number of nitrogens with zero attached hydrogens (tertiary/aromatic N) is 2. The lowest BCUT2D eigenvalue weighted by Crippen LogP contribution is -2.14. The molecule has 6 nitrogen and oxygen atoms in total. The van der Waals surface area contributed by atoms with Crippen LogP contribution < -0.4 is 16.6 Å². The second kappa shape index (κ2) is 4.89. The van der Waals surface area contributed by atoms with Crippen LogP contribution in [0.25, 0.3) is 0 Å². The van der Waals surface area contributed by atoms with Gasteiger partial charge in [-0.2, -0.15) is 0 Å². The zero-order valence-corrected chi connectivity index (χ0v) is 10.8. The monoisotopic (exact) mass is 259 g/mol. The summed E-state index contributed by atoms with van der Waals surface area (Å²) in [5.74, 6) is 8.39. The van der Waals surface area contributed by atoms with E-state index in [1.54, 1.807) is 12.5 Å². The Morgan fingerprint density at radius 3 is 2.79 bits per heavy atom. The van der Waals surface area contributed by atoms with Crippen LogP contribution in [-0.4, -0.2) is 9.97 Å². The Labute approximate surface area is 111 Å². The largest absolute Gasteiger partial charge is 0.472 e. The van der Waals surface area contributed by atoms with Gasteiger partial charge in [-0.1, -0.05) is 0 Å². The van der Waals surface area contributed by atoms with Gasteiger partial charge in [0.1, 0.15) is 17.5 Å². The first-order chi connectivity index (χ1) is 9.28. The molecule has 0 aromatic carbocycles. The maximum atomic E-state index is 5.52. The molecule has 0 aliphatic heterocycles. The minimum absolute atomic E-state index is 0.488. The molecule has 0 saturated heterocycles. The number of furan rings is 1. The molecule has 19 heavy (non-hydrogen) atoms. The van der Waals surface area contributed by atoms with Crippen molar-refractivity contribution in [3.8, 4) is 0 Å². The van der Waals surface area contributed by atoms with E-state index in [4.69, 9.17) is 10.3 Å². The fraction of sp³-hybridized carbons (Fsp3) is 0.385. The molecule has 0 atom stereocenters. The number of hydrazine groups is 1. The highest BCUT2D eigenvalue weighted by Crippen LogP contribution is 2.39. The molecule has 0 amide bonds. The van der Waals surface area contributed by atoms with Crippen molar-refractivity contribution in [1.29, 1.82) is 0 Å². The van der Waals surface area contributed by atoms with Gasteiger partial charge in [0.2, 0.25) is 0 Å². The number of nitrogens with two attached hydrogens (primary N) is 1. The van der Waals surface area contributed by atoms with E-state index in [-0.39, 0.29) is 0 Å². The molecule has 1 saturated carbocycles. The second-order valence-electron chi connectivity index (χ2n) is 4.81. The van der Waals surface area contributed by atoms with Crippen LogP contribution in [0, 0.1) is 6.92 Å². The smallest absolute Gasteiger partial charge is 0.148 e. The minimum Gasteiger partial charge on any atom is -0.472 e. The molecule has 2 aromatic heterocycles. The van der Waals surface area contributed by atoms with Crippen LogP contribution in [0.3, 0.4) is 0 Å². The first kappa shape index (κ1) is 12.0. The lowest BCUT2D eigenvalue weighted by molar-refractivity contribution is 0.564. The number of anilines is 2. The maximum absolute atomic E-state index is 5.52. The average Bonchev–Trinajstić information content (AvgIpc) is 3.14. The third-order valence-corrected chi connectivity index (χ3v) is 3.28. The summed E-state index contributed by atoms with van der Waals surface area (Å²) >= 11 is 0. The van der Waals surface area contributed by atoms with Crippen LogP contribution in [0.5, 0.6) is 0 Å². The maximum Gasteiger partial charge on any atom is 0.148 e. The highest BCUT2D eigenvalue weighted by Gasteiger charge is 2.28. The van der Waals surface area contributed by atoms with Crippen molar-refractivity contribution in [1.82, 2.24) is 9.97 Å². The summed E-state index contributed by atoms with van der Waals surface area (Å²) in [5.41, 5.74) is 4.65. The number of hydrogen-bond donors (Lipinski definition) is 3. The van der Waals surface area contributed by atoms with Gasteiger partial charge in [0, 0.05) is 23.6 Å². The number of rotatable bonds is 5. The molecule has 0 bridgehead atoms. The Morgan fingerprint density at radius 1 is 1.37 bits per heavy atom. The van der Waals surface area contributed by atoms with E-state index in [0.717, 1.165) is 35.6 Å². The Morgan fingerprint density at radius 2 is 2.16 bits per heavy atom. The summed E-state index contributed by atoms with van der Waals surface area (Å²) in [4.78, 5) is 9.05. The third kappa shape index (κ3) is 2.53. The first-order valence-electron chi connectivity index (χ1n) is 6.38. The average molecular weight is 259 g/mol. The summed E-state index contributed by atoms with van der Waals surface area (Å²) < 4.78 is 5.04. The number of nitrogens with one attached hydrogen (secondary N) is 2. The molecule has 2 heterocycles. The number of aromatic nitrogens is 2. The molecular formula is C13H17N5O. The summed E-state index contributed by atoms with van der Waals surface area (Å²) in [7, 11) is 0. The molecule has 1 aliphatic carbocycles. The molecule has 2 aromatic rings. The highest BCUT2D eigenvalue weighted by molar-refractivity contribution is 5.57. The van der Waals surface area contributed by atoms with E-state index in [1.807, 2.05) is 13.0 Å². The third-order valence-electron chi connectivity index (χ3n) is 3.28. The number of nitrogen functional groups attached to an aromatic ring is 1. The topological polar surface area (TPSA) is 89.0 Å². The Bertz CT molecular complexity index is 563. The van der Waals surface area contributed by atoms with Crippen molar-refractivity contribution in [3.05, 3.63) is 35.5 Å². The normalized spacial score (nSPS) is 14.4. The summed E-state index contributed by atoms with van der Waals surface area (Å²) in [6, 6.07) is 1.92. The molecule has 4 N–H and O–H groups in total. The van der Waals surface area contributed by atoms with Crippen LogP contribution >= 0.6 is 0 Å². The van der Waals surface area contributed by atoms with E-state index in [1.165, 1.54) is 0 Å². The highest BCUT2D eigenvalue weighted by atomic mass is 16.3. The molecule has 100 valence electrons. The van der Waals surface area contributed by atoms with Crippen molar-refractivity contribution >= 4 is 11.6 Å². The van der Waals surface area contributed by atoms with E-state index in [2.05, 4.69) is 20.7 Å². The van der Waals surface area contributed by atoms with Crippen molar-refractivity contribution < 1.29 is 4.42 Å². The van der Waals surface area contributed by atoms with Gasteiger partial charge < -0.3 is 15.2 Å². The van der Waals surface area contributed by atoms with E-state index >= 15 is 0 Å². The summed E-state index contributed by atoms with van der Waals surface area (Å²) in [6.07, 6.45) is 5.70.